The summed E-state index contributed by atoms with van der Waals surface area (Å²) in [5.41, 5.74) is -0.220. The highest BCUT2D eigenvalue weighted by Gasteiger charge is 2.36. The van der Waals surface area contributed by atoms with Crippen LogP contribution in [0.15, 0.2) is 18.2 Å². The van der Waals surface area contributed by atoms with E-state index in [4.69, 9.17) is 0 Å². The number of hydrogen-bond acceptors (Lipinski definition) is 6. The normalized spacial score (nSPS) is 11.5. The number of rotatable bonds is 7. The van der Waals surface area contributed by atoms with Gasteiger partial charge in [0.05, 0.1) is 11.3 Å². The van der Waals surface area contributed by atoms with Gasteiger partial charge in [0.15, 0.2) is 0 Å². The molecule has 1 aromatic carbocycles. The average Bonchev–Trinajstić information content (AvgIpc) is 2.62. The van der Waals surface area contributed by atoms with Crippen molar-refractivity contribution < 1.29 is 13.2 Å². The number of benzene rings is 1. The average molecular weight is 396 g/mol. The molecule has 1 aromatic heterocycles. The fourth-order valence-corrected chi connectivity index (χ4v) is 2.91. The molecule has 154 valence electrons. The first kappa shape index (κ1) is 21.7. The first-order valence-corrected chi connectivity index (χ1v) is 9.26. The van der Waals surface area contributed by atoms with Crippen molar-refractivity contribution in [2.75, 3.05) is 48.4 Å². The Bertz CT molecular complexity index is 803. The van der Waals surface area contributed by atoms with Crippen LogP contribution in [0.25, 0.3) is 0 Å². The lowest BCUT2D eigenvalue weighted by molar-refractivity contribution is -0.137. The maximum atomic E-state index is 13.8. The van der Waals surface area contributed by atoms with E-state index in [2.05, 4.69) is 15.0 Å². The van der Waals surface area contributed by atoms with Crippen molar-refractivity contribution in [3.8, 4) is 0 Å². The van der Waals surface area contributed by atoms with Crippen molar-refractivity contribution in [1.29, 1.82) is 0 Å². The van der Waals surface area contributed by atoms with Crippen molar-refractivity contribution in [1.82, 2.24) is 15.0 Å². The van der Waals surface area contributed by atoms with Gasteiger partial charge in [-0.15, -0.1) is 0 Å². The van der Waals surface area contributed by atoms with Gasteiger partial charge >= 0.3 is 6.18 Å². The second-order valence-electron chi connectivity index (χ2n) is 6.49. The Morgan fingerprint density at radius 3 is 2.00 bits per heavy atom. The van der Waals surface area contributed by atoms with Crippen LogP contribution in [-0.2, 0) is 6.18 Å². The summed E-state index contributed by atoms with van der Waals surface area (Å²) >= 11 is 0. The molecule has 0 radical (unpaired) electrons. The lowest BCUT2D eigenvalue weighted by Gasteiger charge is -2.27. The van der Waals surface area contributed by atoms with Crippen molar-refractivity contribution in [2.24, 2.45) is 0 Å². The van der Waals surface area contributed by atoms with Crippen LogP contribution in [0, 0.1) is 6.92 Å². The lowest BCUT2D eigenvalue weighted by atomic mass is 10.1. The quantitative estimate of drug-likeness (QED) is 0.697. The third-order valence-electron chi connectivity index (χ3n) is 4.42. The highest BCUT2D eigenvalue weighted by atomic mass is 19.4. The molecule has 2 rings (SSSR count). The van der Waals surface area contributed by atoms with Gasteiger partial charge in [-0.3, -0.25) is 0 Å². The Morgan fingerprint density at radius 1 is 0.893 bits per heavy atom. The summed E-state index contributed by atoms with van der Waals surface area (Å²) in [6.45, 7) is 9.10. The summed E-state index contributed by atoms with van der Waals surface area (Å²) in [4.78, 5) is 18.2. The summed E-state index contributed by atoms with van der Waals surface area (Å²) in [7, 11) is 3.41. The molecule has 0 aliphatic rings. The van der Waals surface area contributed by atoms with E-state index in [1.54, 1.807) is 38.9 Å². The van der Waals surface area contributed by atoms with Crippen molar-refractivity contribution in [3.63, 3.8) is 0 Å². The van der Waals surface area contributed by atoms with E-state index in [0.717, 1.165) is 6.07 Å². The third-order valence-corrected chi connectivity index (χ3v) is 4.42. The van der Waals surface area contributed by atoms with Crippen LogP contribution in [-0.4, -0.2) is 48.7 Å². The Labute approximate surface area is 164 Å². The summed E-state index contributed by atoms with van der Waals surface area (Å²) in [5.74, 6) is 1.13. The van der Waals surface area contributed by atoms with Crippen molar-refractivity contribution >= 4 is 23.3 Å². The highest BCUT2D eigenvalue weighted by molar-refractivity contribution is 5.67. The van der Waals surface area contributed by atoms with Gasteiger partial charge in [-0.25, -0.2) is 0 Å². The summed E-state index contributed by atoms with van der Waals surface area (Å²) < 4.78 is 41.4. The van der Waals surface area contributed by atoms with E-state index >= 15 is 0 Å². The van der Waals surface area contributed by atoms with E-state index in [-0.39, 0.29) is 18.2 Å². The molecule has 0 aliphatic carbocycles. The molecule has 6 nitrogen and oxygen atoms in total. The largest absolute Gasteiger partial charge is 0.418 e. The molecule has 0 spiro atoms. The summed E-state index contributed by atoms with van der Waals surface area (Å²) in [6.07, 6.45) is -4.50. The van der Waals surface area contributed by atoms with E-state index in [9.17, 15) is 13.2 Å². The zero-order valence-electron chi connectivity index (χ0n) is 17.2. The number of nitrogens with zero attached hydrogens (tertiary/aromatic N) is 6. The molecule has 0 N–H and O–H groups in total. The molecule has 2 aromatic rings. The zero-order valence-corrected chi connectivity index (χ0v) is 17.2. The van der Waals surface area contributed by atoms with E-state index in [1.807, 2.05) is 18.7 Å². The van der Waals surface area contributed by atoms with Crippen LogP contribution in [0.4, 0.5) is 36.4 Å². The van der Waals surface area contributed by atoms with Crippen LogP contribution in [0.1, 0.15) is 32.2 Å². The number of aryl methyl sites for hydroxylation is 1. The molecule has 0 amide bonds. The van der Waals surface area contributed by atoms with Gasteiger partial charge in [-0.1, -0.05) is 0 Å². The molecule has 0 bridgehead atoms. The molecule has 0 atom stereocenters. The topological polar surface area (TPSA) is 48.4 Å². The lowest BCUT2D eigenvalue weighted by Crippen LogP contribution is -2.28. The number of aromatic nitrogens is 3. The molecule has 0 unspecified atom stereocenters. The Balaban J connectivity index is 2.63. The van der Waals surface area contributed by atoms with Crippen LogP contribution >= 0.6 is 0 Å². The first-order chi connectivity index (χ1) is 13.1. The molecule has 0 saturated heterocycles. The molecule has 1 heterocycles. The highest BCUT2D eigenvalue weighted by Crippen LogP contribution is 2.40. The van der Waals surface area contributed by atoms with Crippen molar-refractivity contribution in [3.05, 3.63) is 29.6 Å². The minimum Gasteiger partial charge on any atom is -0.378 e. The number of hydrogen-bond donors (Lipinski definition) is 0. The van der Waals surface area contributed by atoms with Crippen molar-refractivity contribution in [2.45, 2.75) is 33.9 Å². The van der Waals surface area contributed by atoms with Gasteiger partial charge in [0.25, 0.3) is 0 Å². The first-order valence-electron chi connectivity index (χ1n) is 9.26. The van der Waals surface area contributed by atoms with Gasteiger partial charge in [0.2, 0.25) is 11.9 Å². The molecular weight excluding hydrogens is 369 g/mol. The minimum absolute atomic E-state index is 0.0247. The van der Waals surface area contributed by atoms with Gasteiger partial charge in [-0.05, 0) is 45.9 Å². The van der Waals surface area contributed by atoms with Gasteiger partial charge in [0.1, 0.15) is 5.82 Å². The standard InChI is InChI=1S/C19H27F3N6/c1-7-27(8-2)17-23-13(4)24-18(25-17)28(9-3)16-11-10-14(26(5)6)12-15(16)19(20,21)22/h10-12H,7-9H2,1-6H3. The fraction of sp³-hybridized carbons (Fsp3) is 0.526. The second-order valence-corrected chi connectivity index (χ2v) is 6.49. The van der Waals surface area contributed by atoms with E-state index < -0.39 is 11.7 Å². The summed E-state index contributed by atoms with van der Waals surface area (Å²) in [6, 6.07) is 4.28. The van der Waals surface area contributed by atoms with Crippen LogP contribution in [0.5, 0.6) is 0 Å². The molecular formula is C19H27F3N6. The van der Waals surface area contributed by atoms with E-state index in [1.165, 1.54) is 11.0 Å². The Hall–Kier alpha value is -2.58. The Kier molecular flexibility index (Phi) is 6.69. The minimum atomic E-state index is -4.50. The van der Waals surface area contributed by atoms with E-state index in [0.29, 0.717) is 30.5 Å². The smallest absolute Gasteiger partial charge is 0.378 e. The SMILES string of the molecule is CCN(CC)c1nc(C)nc(N(CC)c2ccc(N(C)C)cc2C(F)(F)F)n1. The zero-order chi connectivity index (χ0) is 21.1. The van der Waals surface area contributed by atoms with Crippen LogP contribution < -0.4 is 14.7 Å². The molecule has 28 heavy (non-hydrogen) atoms. The monoisotopic (exact) mass is 396 g/mol. The maximum absolute atomic E-state index is 13.8. The number of anilines is 4. The predicted molar refractivity (Wildman–Crippen MR) is 107 cm³/mol. The van der Waals surface area contributed by atoms with Crippen LogP contribution in [0.2, 0.25) is 0 Å². The predicted octanol–water partition coefficient (Wildman–Crippen LogP) is 4.27. The summed E-state index contributed by atoms with van der Waals surface area (Å²) in [5, 5.41) is 0. The number of halogens is 3. The number of alkyl halides is 3. The van der Waals surface area contributed by atoms with Gasteiger partial charge in [-0.2, -0.15) is 28.1 Å². The second kappa shape index (κ2) is 8.62. The molecule has 0 fully saturated rings. The molecule has 0 saturated carbocycles. The third kappa shape index (κ3) is 4.63. The molecule has 9 heteroatoms. The van der Waals surface area contributed by atoms with Crippen LogP contribution in [0.3, 0.4) is 0 Å². The van der Waals surface area contributed by atoms with Gasteiger partial charge < -0.3 is 14.7 Å². The van der Waals surface area contributed by atoms with Gasteiger partial charge in [0, 0.05) is 39.4 Å². The maximum Gasteiger partial charge on any atom is 0.418 e. The molecule has 0 aliphatic heterocycles. The fourth-order valence-electron chi connectivity index (χ4n) is 2.91. The Morgan fingerprint density at radius 2 is 1.50 bits per heavy atom.